The van der Waals surface area contributed by atoms with E-state index in [1.165, 1.54) is 6.21 Å². The van der Waals surface area contributed by atoms with Gasteiger partial charge in [0.1, 0.15) is 5.75 Å². The summed E-state index contributed by atoms with van der Waals surface area (Å²) >= 11 is 0. The van der Waals surface area contributed by atoms with Crippen LogP contribution in [0.4, 0.5) is 0 Å². The van der Waals surface area contributed by atoms with Crippen LogP contribution in [0.15, 0.2) is 64.6 Å². The normalized spacial score (nSPS) is 11.8. The van der Waals surface area contributed by atoms with Gasteiger partial charge in [-0.05, 0) is 53.9 Å². The van der Waals surface area contributed by atoms with Crippen molar-refractivity contribution in [3.8, 4) is 5.75 Å². The summed E-state index contributed by atoms with van der Waals surface area (Å²) < 4.78 is 30.3. The monoisotopic (exact) mass is 368 g/mol. The first kappa shape index (κ1) is 17.9. The molecule has 1 N–H and O–H groups in total. The first-order valence-corrected chi connectivity index (χ1v) is 9.58. The number of nitrogens with zero attached hydrogens (tertiary/aromatic N) is 1. The van der Waals surface area contributed by atoms with E-state index in [9.17, 15) is 8.42 Å². The van der Waals surface area contributed by atoms with Crippen LogP contribution in [0, 0.1) is 13.8 Å². The van der Waals surface area contributed by atoms with Gasteiger partial charge in [0.2, 0.25) is 0 Å². The highest BCUT2D eigenvalue weighted by molar-refractivity contribution is 7.89. The van der Waals surface area contributed by atoms with Crippen LogP contribution in [-0.2, 0) is 10.0 Å². The molecule has 0 aliphatic rings. The molecule has 3 aromatic rings. The van der Waals surface area contributed by atoms with Crippen LogP contribution >= 0.6 is 0 Å². The summed E-state index contributed by atoms with van der Waals surface area (Å²) in [6.45, 7) is 3.81. The number of ether oxygens (including phenoxy) is 1. The SMILES string of the molecule is COc1ccc2ccccc2c1/C=N/NS(=O)(=O)c1ccc(C)c(C)c1. The number of benzene rings is 3. The van der Waals surface area contributed by atoms with Gasteiger partial charge in [-0.1, -0.05) is 36.4 Å². The summed E-state index contributed by atoms with van der Waals surface area (Å²) in [5.74, 6) is 0.623. The molecule has 0 saturated heterocycles. The molecule has 134 valence electrons. The molecule has 0 saturated carbocycles. The summed E-state index contributed by atoms with van der Waals surface area (Å²) in [5, 5.41) is 5.91. The van der Waals surface area contributed by atoms with E-state index in [4.69, 9.17) is 4.74 Å². The van der Waals surface area contributed by atoms with Crippen molar-refractivity contribution in [2.24, 2.45) is 5.10 Å². The molecule has 6 heteroatoms. The molecule has 0 aromatic heterocycles. The molecule has 0 heterocycles. The van der Waals surface area contributed by atoms with Crippen molar-refractivity contribution < 1.29 is 13.2 Å². The number of hydrogen-bond acceptors (Lipinski definition) is 4. The Bertz CT molecular complexity index is 1090. The van der Waals surface area contributed by atoms with E-state index in [0.717, 1.165) is 21.9 Å². The van der Waals surface area contributed by atoms with E-state index in [2.05, 4.69) is 9.93 Å². The standard InChI is InChI=1S/C20H20N2O3S/c1-14-8-10-17(12-15(14)2)26(23,24)22-21-13-19-18-7-5-4-6-16(18)9-11-20(19)25-3/h4-13,22H,1-3H3/b21-13+. The molecular weight excluding hydrogens is 348 g/mol. The number of hydrogen-bond donors (Lipinski definition) is 1. The van der Waals surface area contributed by atoms with E-state index in [1.54, 1.807) is 25.3 Å². The maximum atomic E-state index is 12.4. The van der Waals surface area contributed by atoms with Crippen LogP contribution in [0.5, 0.6) is 5.75 Å². The molecule has 0 spiro atoms. The largest absolute Gasteiger partial charge is 0.496 e. The fourth-order valence-corrected chi connectivity index (χ4v) is 3.56. The average Bonchev–Trinajstić information content (AvgIpc) is 2.63. The molecule has 0 bridgehead atoms. The van der Waals surface area contributed by atoms with Gasteiger partial charge in [0.15, 0.2) is 0 Å². The number of aryl methyl sites for hydroxylation is 2. The summed E-state index contributed by atoms with van der Waals surface area (Å²) in [6, 6.07) is 16.5. The van der Waals surface area contributed by atoms with Gasteiger partial charge in [-0.3, -0.25) is 0 Å². The van der Waals surface area contributed by atoms with E-state index in [0.29, 0.717) is 11.3 Å². The van der Waals surface area contributed by atoms with Crippen LogP contribution < -0.4 is 9.57 Å². The van der Waals surface area contributed by atoms with Gasteiger partial charge in [-0.15, -0.1) is 0 Å². The Balaban J connectivity index is 1.93. The molecule has 26 heavy (non-hydrogen) atoms. The second kappa shape index (κ2) is 7.17. The Hall–Kier alpha value is -2.86. The number of sulfonamides is 1. The Labute approximate surface area is 153 Å². The second-order valence-corrected chi connectivity index (χ2v) is 7.66. The van der Waals surface area contributed by atoms with Gasteiger partial charge < -0.3 is 4.74 Å². The van der Waals surface area contributed by atoms with Crippen LogP contribution in [0.25, 0.3) is 10.8 Å². The van der Waals surface area contributed by atoms with Crippen molar-refractivity contribution in [2.75, 3.05) is 7.11 Å². The summed E-state index contributed by atoms with van der Waals surface area (Å²) in [6.07, 6.45) is 1.47. The fourth-order valence-electron chi connectivity index (χ4n) is 2.68. The Morgan fingerprint density at radius 3 is 2.50 bits per heavy atom. The zero-order chi connectivity index (χ0) is 18.7. The minimum absolute atomic E-state index is 0.183. The predicted molar refractivity (Wildman–Crippen MR) is 104 cm³/mol. The third-order valence-electron chi connectivity index (χ3n) is 4.31. The van der Waals surface area contributed by atoms with E-state index in [1.807, 2.05) is 50.2 Å². The maximum absolute atomic E-state index is 12.4. The summed E-state index contributed by atoms with van der Waals surface area (Å²) in [4.78, 5) is 2.46. The maximum Gasteiger partial charge on any atom is 0.276 e. The molecule has 0 atom stereocenters. The number of rotatable bonds is 5. The molecule has 3 rings (SSSR count). The smallest absolute Gasteiger partial charge is 0.276 e. The third-order valence-corrected chi connectivity index (χ3v) is 5.53. The number of methoxy groups -OCH3 is 1. The zero-order valence-electron chi connectivity index (χ0n) is 14.9. The Morgan fingerprint density at radius 1 is 1.00 bits per heavy atom. The van der Waals surface area contributed by atoms with Crippen LogP contribution in [0.1, 0.15) is 16.7 Å². The van der Waals surface area contributed by atoms with Crippen molar-refractivity contribution in [3.63, 3.8) is 0 Å². The van der Waals surface area contributed by atoms with Crippen molar-refractivity contribution in [1.29, 1.82) is 0 Å². The lowest BCUT2D eigenvalue weighted by Gasteiger charge is -2.09. The minimum Gasteiger partial charge on any atom is -0.496 e. The van der Waals surface area contributed by atoms with E-state index >= 15 is 0 Å². The Kier molecular flexibility index (Phi) is 4.95. The third kappa shape index (κ3) is 3.55. The molecule has 5 nitrogen and oxygen atoms in total. The average molecular weight is 368 g/mol. The van der Waals surface area contributed by atoms with Crippen LogP contribution in [0.3, 0.4) is 0 Å². The lowest BCUT2D eigenvalue weighted by atomic mass is 10.0. The zero-order valence-corrected chi connectivity index (χ0v) is 15.7. The van der Waals surface area contributed by atoms with Gasteiger partial charge in [0.25, 0.3) is 10.0 Å². The number of nitrogens with one attached hydrogen (secondary N) is 1. The van der Waals surface area contributed by atoms with Crippen LogP contribution in [0.2, 0.25) is 0 Å². The van der Waals surface area contributed by atoms with Crippen molar-refractivity contribution in [1.82, 2.24) is 4.83 Å². The molecule has 0 aliphatic heterocycles. The van der Waals surface area contributed by atoms with Crippen molar-refractivity contribution in [3.05, 3.63) is 71.3 Å². The fraction of sp³-hybridized carbons (Fsp3) is 0.150. The van der Waals surface area contributed by atoms with Gasteiger partial charge in [-0.2, -0.15) is 13.5 Å². The summed E-state index contributed by atoms with van der Waals surface area (Å²) in [7, 11) is -2.16. The quantitative estimate of drug-likeness (QED) is 0.550. The topological polar surface area (TPSA) is 67.8 Å². The minimum atomic E-state index is -3.73. The van der Waals surface area contributed by atoms with Crippen molar-refractivity contribution in [2.45, 2.75) is 18.7 Å². The highest BCUT2D eigenvalue weighted by atomic mass is 32.2. The molecule has 0 unspecified atom stereocenters. The highest BCUT2D eigenvalue weighted by Crippen LogP contribution is 2.26. The number of fused-ring (bicyclic) bond motifs is 1. The first-order valence-electron chi connectivity index (χ1n) is 8.10. The highest BCUT2D eigenvalue weighted by Gasteiger charge is 2.13. The lowest BCUT2D eigenvalue weighted by molar-refractivity contribution is 0.415. The molecule has 0 radical (unpaired) electrons. The van der Waals surface area contributed by atoms with Gasteiger partial charge in [0.05, 0.1) is 18.2 Å². The molecule has 0 fully saturated rings. The van der Waals surface area contributed by atoms with Gasteiger partial charge in [-0.25, -0.2) is 4.83 Å². The van der Waals surface area contributed by atoms with Crippen LogP contribution in [-0.4, -0.2) is 21.7 Å². The van der Waals surface area contributed by atoms with E-state index in [-0.39, 0.29) is 4.90 Å². The van der Waals surface area contributed by atoms with Gasteiger partial charge >= 0.3 is 0 Å². The summed E-state index contributed by atoms with van der Waals surface area (Å²) in [5.41, 5.74) is 2.66. The molecule has 0 aliphatic carbocycles. The van der Waals surface area contributed by atoms with Gasteiger partial charge in [0, 0.05) is 5.56 Å². The number of hydrazone groups is 1. The Morgan fingerprint density at radius 2 is 1.77 bits per heavy atom. The molecule has 3 aromatic carbocycles. The predicted octanol–water partition coefficient (Wildman–Crippen LogP) is 3.78. The lowest BCUT2D eigenvalue weighted by Crippen LogP contribution is -2.18. The molecular formula is C20H20N2O3S. The van der Waals surface area contributed by atoms with Crippen molar-refractivity contribution >= 4 is 27.0 Å². The second-order valence-electron chi connectivity index (χ2n) is 6.00. The van der Waals surface area contributed by atoms with E-state index < -0.39 is 10.0 Å². The first-order chi connectivity index (χ1) is 12.4. The molecule has 0 amide bonds.